The van der Waals surface area contributed by atoms with Crippen molar-refractivity contribution in [1.29, 1.82) is 0 Å². The van der Waals surface area contributed by atoms with Crippen molar-refractivity contribution in [2.75, 3.05) is 0 Å². The summed E-state index contributed by atoms with van der Waals surface area (Å²) in [5.41, 5.74) is 2.87. The minimum Gasteiger partial charge on any atom is -0.319 e. The molecular weight excluding hydrogens is 348 g/mol. The zero-order valence-electron chi connectivity index (χ0n) is 11.6. The van der Waals surface area contributed by atoms with E-state index in [9.17, 15) is 4.79 Å². The Morgan fingerprint density at radius 1 is 1.24 bits per heavy atom. The lowest BCUT2D eigenvalue weighted by atomic mass is 10.2. The van der Waals surface area contributed by atoms with Crippen LogP contribution in [-0.4, -0.2) is 10.5 Å². The highest BCUT2D eigenvalue weighted by Crippen LogP contribution is 2.18. The Hall–Kier alpha value is -1.72. The third kappa shape index (κ3) is 2.84. The van der Waals surface area contributed by atoms with Crippen molar-refractivity contribution in [3.05, 3.63) is 62.9 Å². The molecule has 0 saturated carbocycles. The van der Waals surface area contributed by atoms with Gasteiger partial charge in [0.2, 0.25) is 0 Å². The van der Waals surface area contributed by atoms with Crippen LogP contribution < -0.4 is 4.80 Å². The van der Waals surface area contributed by atoms with Crippen molar-refractivity contribution in [3.8, 4) is 0 Å². The molecule has 3 aromatic rings. The molecule has 3 rings (SSSR count). The van der Waals surface area contributed by atoms with Gasteiger partial charge in [0.15, 0.2) is 4.80 Å². The zero-order valence-corrected chi connectivity index (χ0v) is 14.0. The fourth-order valence-corrected chi connectivity index (χ4v) is 3.63. The molecule has 0 spiro atoms. The first kappa shape index (κ1) is 14.2. The summed E-state index contributed by atoms with van der Waals surface area (Å²) in [5, 5.41) is 0. The maximum Gasteiger partial charge on any atom is 0.279 e. The molecule has 0 saturated heterocycles. The summed E-state index contributed by atoms with van der Waals surface area (Å²) in [7, 11) is 1.93. The van der Waals surface area contributed by atoms with Crippen molar-refractivity contribution >= 4 is 43.4 Å². The Morgan fingerprint density at radius 2 is 2.05 bits per heavy atom. The van der Waals surface area contributed by atoms with Crippen molar-refractivity contribution in [2.24, 2.45) is 12.0 Å². The van der Waals surface area contributed by atoms with E-state index in [1.807, 2.05) is 23.7 Å². The summed E-state index contributed by atoms with van der Waals surface area (Å²) in [6, 6.07) is 13.5. The number of aromatic nitrogens is 1. The lowest BCUT2D eigenvalue weighted by Gasteiger charge is -1.97. The van der Waals surface area contributed by atoms with Crippen molar-refractivity contribution in [3.63, 3.8) is 0 Å². The first-order chi connectivity index (χ1) is 10.0. The topological polar surface area (TPSA) is 34.4 Å². The Morgan fingerprint density at radius 3 is 2.81 bits per heavy atom. The van der Waals surface area contributed by atoms with Gasteiger partial charge in [-0.15, -0.1) is 0 Å². The van der Waals surface area contributed by atoms with Gasteiger partial charge in [0.1, 0.15) is 0 Å². The molecule has 0 atom stereocenters. The Bertz CT molecular complexity index is 908. The number of nitrogens with zero attached hydrogens (tertiary/aromatic N) is 2. The van der Waals surface area contributed by atoms with Crippen LogP contribution in [0, 0.1) is 6.92 Å². The van der Waals surface area contributed by atoms with E-state index in [4.69, 9.17) is 0 Å². The maximum absolute atomic E-state index is 12.3. The first-order valence-electron chi connectivity index (χ1n) is 6.45. The Balaban J connectivity index is 2.11. The van der Waals surface area contributed by atoms with E-state index in [0.717, 1.165) is 14.7 Å². The summed E-state index contributed by atoms with van der Waals surface area (Å²) < 4.78 is 3.97. The fourth-order valence-electron chi connectivity index (χ4n) is 2.12. The Kier molecular flexibility index (Phi) is 3.78. The van der Waals surface area contributed by atoms with Crippen LogP contribution in [-0.2, 0) is 7.05 Å². The molecule has 1 amide bonds. The van der Waals surface area contributed by atoms with E-state index >= 15 is 0 Å². The molecular formula is C16H13BrN2OS. The van der Waals surface area contributed by atoms with E-state index in [0.29, 0.717) is 10.4 Å². The summed E-state index contributed by atoms with van der Waals surface area (Å²) in [6.07, 6.45) is 0. The highest BCUT2D eigenvalue weighted by molar-refractivity contribution is 9.10. The second-order valence-corrected chi connectivity index (χ2v) is 6.77. The number of rotatable bonds is 1. The molecule has 0 unspecified atom stereocenters. The van der Waals surface area contributed by atoms with Crippen LogP contribution in [0.25, 0.3) is 10.2 Å². The van der Waals surface area contributed by atoms with Gasteiger partial charge in [-0.3, -0.25) is 4.79 Å². The van der Waals surface area contributed by atoms with E-state index in [1.165, 1.54) is 16.9 Å². The number of benzene rings is 2. The number of fused-ring (bicyclic) bond motifs is 1. The zero-order chi connectivity index (χ0) is 15.0. The van der Waals surface area contributed by atoms with Gasteiger partial charge < -0.3 is 4.57 Å². The highest BCUT2D eigenvalue weighted by Gasteiger charge is 2.07. The number of hydrogen-bond donors (Lipinski definition) is 0. The molecule has 5 heteroatoms. The summed E-state index contributed by atoms with van der Waals surface area (Å²) in [6.45, 7) is 2.06. The lowest BCUT2D eigenvalue weighted by Crippen LogP contribution is -2.13. The molecule has 0 aliphatic heterocycles. The van der Waals surface area contributed by atoms with Gasteiger partial charge in [0, 0.05) is 17.1 Å². The molecule has 3 nitrogen and oxygen atoms in total. The van der Waals surface area contributed by atoms with Gasteiger partial charge in [-0.2, -0.15) is 4.99 Å². The first-order valence-corrected chi connectivity index (χ1v) is 8.06. The number of thiazole rings is 1. The molecule has 0 aliphatic rings. The van der Waals surface area contributed by atoms with Gasteiger partial charge in [0.05, 0.1) is 10.2 Å². The predicted molar refractivity (Wildman–Crippen MR) is 89.6 cm³/mol. The summed E-state index contributed by atoms with van der Waals surface area (Å²) >= 11 is 4.90. The average Bonchev–Trinajstić information content (AvgIpc) is 2.74. The van der Waals surface area contributed by atoms with Crippen LogP contribution >= 0.6 is 27.3 Å². The molecule has 0 radical (unpaired) electrons. The maximum atomic E-state index is 12.3. The van der Waals surface area contributed by atoms with Gasteiger partial charge in [-0.05, 0) is 42.8 Å². The van der Waals surface area contributed by atoms with Crippen LogP contribution in [0.4, 0.5) is 0 Å². The quantitative estimate of drug-likeness (QED) is 0.644. The van der Waals surface area contributed by atoms with Crippen LogP contribution in [0.15, 0.2) is 51.9 Å². The van der Waals surface area contributed by atoms with E-state index in [-0.39, 0.29) is 5.91 Å². The standard InChI is InChI=1S/C16H13BrN2OS/c1-10-6-7-13-14(8-10)21-16(19(13)2)18-15(20)11-4-3-5-12(17)9-11/h3-9H,1-2H3. The summed E-state index contributed by atoms with van der Waals surface area (Å²) in [4.78, 5) is 17.2. The summed E-state index contributed by atoms with van der Waals surface area (Å²) in [5.74, 6) is -0.227. The molecule has 2 aromatic carbocycles. The average molecular weight is 361 g/mol. The van der Waals surface area contributed by atoms with Crippen molar-refractivity contribution in [2.45, 2.75) is 6.92 Å². The number of halogens is 1. The van der Waals surface area contributed by atoms with Crippen LogP contribution in [0.5, 0.6) is 0 Å². The smallest absolute Gasteiger partial charge is 0.279 e. The molecule has 21 heavy (non-hydrogen) atoms. The number of amides is 1. The number of hydrogen-bond acceptors (Lipinski definition) is 2. The molecule has 0 aliphatic carbocycles. The van der Waals surface area contributed by atoms with Gasteiger partial charge in [0.25, 0.3) is 5.91 Å². The third-order valence-corrected chi connectivity index (χ3v) is 4.82. The number of aryl methyl sites for hydroxylation is 2. The van der Waals surface area contributed by atoms with Crippen LogP contribution in [0.2, 0.25) is 0 Å². The molecule has 0 bridgehead atoms. The van der Waals surface area contributed by atoms with Gasteiger partial charge in [-0.1, -0.05) is 39.4 Å². The van der Waals surface area contributed by atoms with E-state index < -0.39 is 0 Å². The van der Waals surface area contributed by atoms with Gasteiger partial charge >= 0.3 is 0 Å². The molecule has 0 N–H and O–H groups in total. The highest BCUT2D eigenvalue weighted by atomic mass is 79.9. The van der Waals surface area contributed by atoms with Crippen molar-refractivity contribution < 1.29 is 4.79 Å². The second kappa shape index (κ2) is 5.58. The second-order valence-electron chi connectivity index (χ2n) is 4.84. The van der Waals surface area contributed by atoms with E-state index in [2.05, 4.69) is 46.0 Å². The number of carbonyl (C=O) groups excluding carboxylic acids is 1. The SMILES string of the molecule is Cc1ccc2c(c1)sc(=NC(=O)c1cccc(Br)c1)n2C. The minimum atomic E-state index is -0.227. The molecule has 1 heterocycles. The Labute approximate surface area is 134 Å². The largest absolute Gasteiger partial charge is 0.319 e. The number of carbonyl (C=O) groups is 1. The van der Waals surface area contributed by atoms with Crippen molar-refractivity contribution in [1.82, 2.24) is 4.57 Å². The van der Waals surface area contributed by atoms with Crippen LogP contribution in [0.1, 0.15) is 15.9 Å². The van der Waals surface area contributed by atoms with E-state index in [1.54, 1.807) is 12.1 Å². The fraction of sp³-hybridized carbons (Fsp3) is 0.125. The molecule has 0 fully saturated rings. The normalized spacial score (nSPS) is 12.0. The molecule has 1 aromatic heterocycles. The minimum absolute atomic E-state index is 0.227. The van der Waals surface area contributed by atoms with Crippen LogP contribution in [0.3, 0.4) is 0 Å². The predicted octanol–water partition coefficient (Wildman–Crippen LogP) is 4.05. The lowest BCUT2D eigenvalue weighted by molar-refractivity contribution is 0.0998. The monoisotopic (exact) mass is 360 g/mol. The van der Waals surface area contributed by atoms with Gasteiger partial charge in [-0.25, -0.2) is 0 Å². The third-order valence-electron chi connectivity index (χ3n) is 3.23. The molecule has 106 valence electrons.